The first-order valence-corrected chi connectivity index (χ1v) is 13.7. The highest BCUT2D eigenvalue weighted by molar-refractivity contribution is 7.89. The molecule has 2 aromatic heterocycles. The fourth-order valence-electron chi connectivity index (χ4n) is 3.80. The number of carbonyl (C=O) groups is 1. The Morgan fingerprint density at radius 3 is 2.41 bits per heavy atom. The normalized spacial score (nSPS) is 11.5. The fourth-order valence-corrected chi connectivity index (χ4v) is 6.23. The maximum absolute atomic E-state index is 13.7. The van der Waals surface area contributed by atoms with Crippen LogP contribution in [0.15, 0.2) is 89.4 Å². The number of aryl methyl sites for hydroxylation is 1. The van der Waals surface area contributed by atoms with Crippen molar-refractivity contribution < 1.29 is 22.4 Å². The van der Waals surface area contributed by atoms with E-state index in [0.717, 1.165) is 10.3 Å². The smallest absolute Gasteiger partial charge is 0.260 e. The Hall–Kier alpha value is -3.73. The number of amides is 1. The first kappa shape index (κ1) is 26.3. The Morgan fingerprint density at radius 2 is 1.81 bits per heavy atom. The van der Waals surface area contributed by atoms with Crippen molar-refractivity contribution >= 4 is 42.6 Å². The molecule has 1 amide bonds. The average molecular weight is 538 g/mol. The van der Waals surface area contributed by atoms with E-state index in [9.17, 15) is 13.2 Å². The Bertz CT molecular complexity index is 1510. The molecule has 0 radical (unpaired) electrons. The van der Waals surface area contributed by atoms with Crippen LogP contribution in [0.5, 0.6) is 5.75 Å². The van der Waals surface area contributed by atoms with Gasteiger partial charge in [-0.1, -0.05) is 29.6 Å². The minimum absolute atomic E-state index is 0.0747. The van der Waals surface area contributed by atoms with Crippen LogP contribution in [0, 0.1) is 6.92 Å². The van der Waals surface area contributed by atoms with E-state index in [4.69, 9.17) is 14.1 Å². The molecule has 8 nitrogen and oxygen atoms in total. The van der Waals surface area contributed by atoms with Gasteiger partial charge in [-0.3, -0.25) is 9.69 Å². The maximum atomic E-state index is 13.7. The summed E-state index contributed by atoms with van der Waals surface area (Å²) in [5.41, 5.74) is 2.00. The lowest BCUT2D eigenvalue weighted by atomic mass is 10.2. The van der Waals surface area contributed by atoms with Crippen molar-refractivity contribution in [3.05, 3.63) is 97.0 Å². The van der Waals surface area contributed by atoms with Crippen molar-refractivity contribution in [1.82, 2.24) is 9.29 Å². The molecule has 4 aromatic rings. The van der Waals surface area contributed by atoms with Crippen molar-refractivity contribution in [3.63, 3.8) is 0 Å². The summed E-state index contributed by atoms with van der Waals surface area (Å²) in [6.07, 6.45) is 4.57. The molecule has 2 heterocycles. The number of fused-ring (bicyclic) bond motifs is 1. The first-order valence-electron chi connectivity index (χ1n) is 11.4. The standard InChI is InChI=1S/C27H27N3O5S2/c1-5-15-29(16-6-2)37(32,33)22-12-10-20(11-13-22)26(31)30(18-21-8-7-17-35-21)27-28-24-23(34-4)14-9-19(3)25(24)36-27/h5-14,17H,1-2,15-16,18H2,3-4H3. The number of sulfonamides is 1. The van der Waals surface area contributed by atoms with Gasteiger partial charge in [0.1, 0.15) is 17.0 Å². The number of aromatic nitrogens is 1. The van der Waals surface area contributed by atoms with E-state index in [1.807, 2.05) is 19.1 Å². The first-order chi connectivity index (χ1) is 17.8. The SMILES string of the molecule is C=CCN(CC=C)S(=O)(=O)c1ccc(C(=O)N(Cc2ccco2)c2nc3c(OC)ccc(C)c3s2)cc1. The van der Waals surface area contributed by atoms with Crippen LogP contribution in [-0.2, 0) is 16.6 Å². The summed E-state index contributed by atoms with van der Waals surface area (Å²) in [7, 11) is -2.21. The highest BCUT2D eigenvalue weighted by Crippen LogP contribution is 2.37. The monoisotopic (exact) mass is 537 g/mol. The Labute approximate surface area is 220 Å². The van der Waals surface area contributed by atoms with Gasteiger partial charge in [-0.05, 0) is 55.0 Å². The summed E-state index contributed by atoms with van der Waals surface area (Å²) in [5, 5.41) is 0.476. The minimum atomic E-state index is -3.78. The van der Waals surface area contributed by atoms with Crippen LogP contribution in [0.3, 0.4) is 0 Å². The molecule has 0 fully saturated rings. The Morgan fingerprint density at radius 1 is 1.11 bits per heavy atom. The molecule has 0 unspecified atom stereocenters. The van der Waals surface area contributed by atoms with Crippen molar-refractivity contribution in [2.75, 3.05) is 25.1 Å². The number of hydrogen-bond donors (Lipinski definition) is 0. The Balaban J connectivity index is 1.71. The quantitative estimate of drug-likeness (QED) is 0.237. The molecule has 0 saturated carbocycles. The lowest BCUT2D eigenvalue weighted by Gasteiger charge is -2.20. The van der Waals surface area contributed by atoms with Gasteiger partial charge in [0, 0.05) is 18.7 Å². The molecule has 2 aromatic carbocycles. The molecular formula is C27H27N3O5S2. The average Bonchev–Trinajstić information content (AvgIpc) is 3.58. The van der Waals surface area contributed by atoms with E-state index >= 15 is 0 Å². The fraction of sp³-hybridized carbons (Fsp3) is 0.185. The summed E-state index contributed by atoms with van der Waals surface area (Å²) >= 11 is 1.38. The van der Waals surface area contributed by atoms with E-state index in [-0.39, 0.29) is 30.4 Å². The molecule has 192 valence electrons. The van der Waals surface area contributed by atoms with Gasteiger partial charge in [0.2, 0.25) is 10.0 Å². The number of ether oxygens (including phenoxy) is 1. The zero-order chi connectivity index (χ0) is 26.6. The predicted molar refractivity (Wildman–Crippen MR) is 146 cm³/mol. The van der Waals surface area contributed by atoms with Crippen LogP contribution in [0.4, 0.5) is 5.13 Å². The zero-order valence-electron chi connectivity index (χ0n) is 20.6. The number of methoxy groups -OCH3 is 1. The maximum Gasteiger partial charge on any atom is 0.260 e. The van der Waals surface area contributed by atoms with Crippen LogP contribution < -0.4 is 9.64 Å². The number of thiazole rings is 1. The van der Waals surface area contributed by atoms with Gasteiger partial charge >= 0.3 is 0 Å². The number of benzene rings is 2. The number of nitrogens with zero attached hydrogens (tertiary/aromatic N) is 3. The van der Waals surface area contributed by atoms with Crippen molar-refractivity contribution in [2.24, 2.45) is 0 Å². The summed E-state index contributed by atoms with van der Waals surface area (Å²) in [6.45, 7) is 9.67. The lowest BCUT2D eigenvalue weighted by molar-refractivity contribution is 0.0983. The van der Waals surface area contributed by atoms with Crippen LogP contribution in [0.1, 0.15) is 21.7 Å². The molecule has 0 atom stereocenters. The van der Waals surface area contributed by atoms with Crippen LogP contribution in [-0.4, -0.2) is 43.8 Å². The number of furan rings is 1. The summed E-state index contributed by atoms with van der Waals surface area (Å²) in [4.78, 5) is 20.0. The number of hydrogen-bond acceptors (Lipinski definition) is 7. The largest absolute Gasteiger partial charge is 0.494 e. The minimum Gasteiger partial charge on any atom is -0.494 e. The predicted octanol–water partition coefficient (Wildman–Crippen LogP) is 5.42. The molecular weight excluding hydrogens is 510 g/mol. The topological polar surface area (TPSA) is 93.0 Å². The number of anilines is 1. The van der Waals surface area contributed by atoms with E-state index in [1.165, 1.54) is 57.0 Å². The van der Waals surface area contributed by atoms with E-state index in [0.29, 0.717) is 27.7 Å². The lowest BCUT2D eigenvalue weighted by Crippen LogP contribution is -2.32. The van der Waals surface area contributed by atoms with E-state index in [2.05, 4.69) is 13.2 Å². The van der Waals surface area contributed by atoms with E-state index in [1.54, 1.807) is 25.5 Å². The second-order valence-electron chi connectivity index (χ2n) is 8.15. The molecule has 4 rings (SSSR count). The summed E-state index contributed by atoms with van der Waals surface area (Å²) in [6, 6.07) is 13.2. The van der Waals surface area contributed by atoms with Gasteiger partial charge in [-0.25, -0.2) is 13.4 Å². The van der Waals surface area contributed by atoms with Crippen molar-refractivity contribution in [2.45, 2.75) is 18.4 Å². The molecule has 0 saturated heterocycles. The second-order valence-corrected chi connectivity index (χ2v) is 11.1. The number of carbonyl (C=O) groups excluding carboxylic acids is 1. The molecule has 0 aliphatic carbocycles. The third kappa shape index (κ3) is 5.36. The van der Waals surface area contributed by atoms with Crippen molar-refractivity contribution in [1.29, 1.82) is 0 Å². The highest BCUT2D eigenvalue weighted by atomic mass is 32.2. The van der Waals surface area contributed by atoms with Crippen LogP contribution >= 0.6 is 11.3 Å². The summed E-state index contributed by atoms with van der Waals surface area (Å²) in [5.74, 6) is 0.858. The second kappa shape index (κ2) is 11.1. The zero-order valence-corrected chi connectivity index (χ0v) is 22.2. The van der Waals surface area contributed by atoms with Gasteiger partial charge in [0.25, 0.3) is 5.91 Å². The van der Waals surface area contributed by atoms with Crippen LogP contribution in [0.25, 0.3) is 10.2 Å². The third-order valence-corrected chi connectivity index (χ3v) is 8.75. The van der Waals surface area contributed by atoms with Gasteiger partial charge in [0.15, 0.2) is 5.13 Å². The van der Waals surface area contributed by atoms with E-state index < -0.39 is 10.0 Å². The Kier molecular flexibility index (Phi) is 7.91. The van der Waals surface area contributed by atoms with Gasteiger partial charge in [-0.2, -0.15) is 4.31 Å². The van der Waals surface area contributed by atoms with Gasteiger partial charge < -0.3 is 9.15 Å². The third-order valence-electron chi connectivity index (χ3n) is 5.69. The molecule has 0 aliphatic rings. The number of rotatable bonds is 11. The summed E-state index contributed by atoms with van der Waals surface area (Å²) < 4.78 is 39.3. The van der Waals surface area contributed by atoms with Gasteiger partial charge in [-0.15, -0.1) is 13.2 Å². The molecule has 10 heteroatoms. The molecule has 0 aliphatic heterocycles. The highest BCUT2D eigenvalue weighted by Gasteiger charge is 2.26. The molecule has 37 heavy (non-hydrogen) atoms. The molecule has 0 bridgehead atoms. The van der Waals surface area contributed by atoms with Gasteiger partial charge in [0.05, 0.1) is 29.5 Å². The molecule has 0 N–H and O–H groups in total. The van der Waals surface area contributed by atoms with Crippen LogP contribution in [0.2, 0.25) is 0 Å². The van der Waals surface area contributed by atoms with Crippen molar-refractivity contribution in [3.8, 4) is 5.75 Å². The molecule has 0 spiro atoms.